The number of para-hydroxylation sites is 1. The first-order valence-corrected chi connectivity index (χ1v) is 12.2. The minimum atomic E-state index is -0.598. The van der Waals surface area contributed by atoms with Gasteiger partial charge in [0, 0.05) is 16.3 Å². The van der Waals surface area contributed by atoms with E-state index in [1.807, 2.05) is 12.1 Å². The second-order valence-corrected chi connectivity index (χ2v) is 9.75. The summed E-state index contributed by atoms with van der Waals surface area (Å²) in [4.78, 5) is 0. The van der Waals surface area contributed by atoms with Gasteiger partial charge in [0.05, 0.1) is 5.41 Å². The SMILES string of the molecule is CB(O)c1cccc2c1oc1c3c(ccc12)C1(c2ccccc2-c2ccccc21)c1ccccc1-3. The van der Waals surface area contributed by atoms with Crippen molar-refractivity contribution in [3.05, 3.63) is 125 Å². The Balaban J connectivity index is 1.58. The molecule has 0 unspecified atom stereocenters. The molecule has 2 aliphatic rings. The first kappa shape index (κ1) is 19.3. The molecular formula is C32H21BO2. The number of hydrogen-bond acceptors (Lipinski definition) is 2. The largest absolute Gasteiger partial charge is 0.456 e. The molecule has 35 heavy (non-hydrogen) atoms. The predicted octanol–water partition coefficient (Wildman–Crippen LogP) is 6.75. The molecule has 164 valence electrons. The van der Waals surface area contributed by atoms with Crippen LogP contribution < -0.4 is 5.46 Å². The Labute approximate surface area is 203 Å². The van der Waals surface area contributed by atoms with E-state index in [4.69, 9.17) is 4.42 Å². The van der Waals surface area contributed by atoms with Crippen LogP contribution >= 0.6 is 0 Å². The lowest BCUT2D eigenvalue weighted by Gasteiger charge is -2.30. The van der Waals surface area contributed by atoms with Crippen molar-refractivity contribution in [1.82, 2.24) is 0 Å². The fraction of sp³-hybridized carbons (Fsp3) is 0.0625. The highest BCUT2D eigenvalue weighted by Crippen LogP contribution is 2.63. The smallest absolute Gasteiger partial charge is 0.324 e. The van der Waals surface area contributed by atoms with Gasteiger partial charge in [-0.1, -0.05) is 110 Å². The van der Waals surface area contributed by atoms with E-state index >= 15 is 0 Å². The number of rotatable bonds is 1. The normalized spacial score (nSPS) is 14.2. The molecule has 1 heterocycles. The van der Waals surface area contributed by atoms with Gasteiger partial charge >= 0.3 is 6.92 Å². The lowest BCUT2D eigenvalue weighted by atomic mass is 9.64. The molecule has 0 aliphatic heterocycles. The molecule has 0 saturated heterocycles. The predicted molar refractivity (Wildman–Crippen MR) is 143 cm³/mol. The van der Waals surface area contributed by atoms with Crippen molar-refractivity contribution in [1.29, 1.82) is 0 Å². The molecule has 0 bridgehead atoms. The zero-order chi connectivity index (χ0) is 23.3. The molecule has 2 aliphatic carbocycles. The Bertz CT molecular complexity index is 1800. The fourth-order valence-electron chi connectivity index (χ4n) is 6.78. The highest BCUT2D eigenvalue weighted by atomic mass is 16.3. The van der Waals surface area contributed by atoms with Gasteiger partial charge in [-0.05, 0) is 44.4 Å². The van der Waals surface area contributed by atoms with E-state index in [0.717, 1.165) is 33.0 Å². The van der Waals surface area contributed by atoms with Crippen LogP contribution in [0.4, 0.5) is 0 Å². The maximum Gasteiger partial charge on any atom is 0.324 e. The summed E-state index contributed by atoms with van der Waals surface area (Å²) >= 11 is 0. The zero-order valence-corrected chi connectivity index (χ0v) is 19.2. The monoisotopic (exact) mass is 448 g/mol. The number of hydrogen-bond donors (Lipinski definition) is 1. The van der Waals surface area contributed by atoms with E-state index in [9.17, 15) is 5.02 Å². The van der Waals surface area contributed by atoms with Gasteiger partial charge in [-0.25, -0.2) is 0 Å². The number of benzene rings is 5. The highest BCUT2D eigenvalue weighted by molar-refractivity contribution is 6.67. The first-order valence-electron chi connectivity index (χ1n) is 12.2. The van der Waals surface area contributed by atoms with Gasteiger partial charge in [0.1, 0.15) is 11.2 Å². The second-order valence-electron chi connectivity index (χ2n) is 9.75. The summed E-state index contributed by atoms with van der Waals surface area (Å²) in [6, 6.07) is 37.0. The van der Waals surface area contributed by atoms with Gasteiger partial charge in [0.25, 0.3) is 0 Å². The van der Waals surface area contributed by atoms with Gasteiger partial charge in [0.15, 0.2) is 0 Å². The zero-order valence-electron chi connectivity index (χ0n) is 19.2. The summed E-state index contributed by atoms with van der Waals surface area (Å²) in [6.45, 7) is 1.20. The van der Waals surface area contributed by atoms with Crippen LogP contribution in [0.5, 0.6) is 0 Å². The Morgan fingerprint density at radius 1 is 0.571 bits per heavy atom. The van der Waals surface area contributed by atoms with E-state index < -0.39 is 6.92 Å². The second kappa shape index (κ2) is 6.53. The summed E-state index contributed by atoms with van der Waals surface area (Å²) in [7, 11) is 0. The summed E-state index contributed by atoms with van der Waals surface area (Å²) in [5, 5.41) is 12.6. The maximum atomic E-state index is 10.4. The van der Waals surface area contributed by atoms with Gasteiger partial charge < -0.3 is 9.44 Å². The maximum absolute atomic E-state index is 10.4. The summed E-state index contributed by atoms with van der Waals surface area (Å²) < 4.78 is 6.66. The summed E-state index contributed by atoms with van der Waals surface area (Å²) in [5.41, 5.74) is 12.3. The van der Waals surface area contributed by atoms with Crippen LogP contribution in [0.15, 0.2) is 108 Å². The lowest BCUT2D eigenvalue weighted by Crippen LogP contribution is -2.26. The quantitative estimate of drug-likeness (QED) is 0.282. The molecule has 0 amide bonds. The topological polar surface area (TPSA) is 33.4 Å². The van der Waals surface area contributed by atoms with Crippen molar-refractivity contribution in [3.63, 3.8) is 0 Å². The standard InChI is InChI=1S/C32H21BO2/c1-33(34)28-16-8-12-21-22-17-18-27-29(31(22)35-30(21)28)23-11-4-7-15-26(23)32(27)24-13-5-2-9-19(24)20-10-3-6-14-25(20)32/h2-18,34H,1H3. The summed E-state index contributed by atoms with van der Waals surface area (Å²) in [5.74, 6) is 0. The molecule has 2 nitrogen and oxygen atoms in total. The van der Waals surface area contributed by atoms with Crippen molar-refractivity contribution in [3.8, 4) is 22.3 Å². The Morgan fingerprint density at radius 2 is 1.14 bits per heavy atom. The molecule has 0 radical (unpaired) electrons. The van der Waals surface area contributed by atoms with E-state index in [2.05, 4.69) is 91.0 Å². The third-order valence-electron chi connectivity index (χ3n) is 8.10. The van der Waals surface area contributed by atoms with Crippen LogP contribution in [0, 0.1) is 0 Å². The van der Waals surface area contributed by atoms with Crippen molar-refractivity contribution in [2.45, 2.75) is 12.2 Å². The van der Waals surface area contributed by atoms with E-state index in [1.165, 1.54) is 38.9 Å². The number of fused-ring (bicyclic) bond motifs is 14. The van der Waals surface area contributed by atoms with Crippen LogP contribution in [0.2, 0.25) is 6.82 Å². The molecule has 5 aromatic carbocycles. The molecule has 8 rings (SSSR count). The fourth-order valence-corrected chi connectivity index (χ4v) is 6.78. The van der Waals surface area contributed by atoms with E-state index in [-0.39, 0.29) is 5.41 Å². The number of furan rings is 1. The van der Waals surface area contributed by atoms with Crippen LogP contribution in [0.3, 0.4) is 0 Å². The van der Waals surface area contributed by atoms with E-state index in [0.29, 0.717) is 0 Å². The van der Waals surface area contributed by atoms with Crippen LogP contribution in [0.1, 0.15) is 22.3 Å². The molecule has 0 saturated carbocycles. The molecule has 1 N–H and O–H groups in total. The Hall–Kier alpha value is -4.08. The minimum absolute atomic E-state index is 0.376. The minimum Gasteiger partial charge on any atom is -0.456 e. The molecule has 1 spiro atoms. The first-order chi connectivity index (χ1) is 17.2. The van der Waals surface area contributed by atoms with Crippen molar-refractivity contribution >= 4 is 34.3 Å². The van der Waals surface area contributed by atoms with Crippen molar-refractivity contribution in [2.24, 2.45) is 0 Å². The third kappa shape index (κ3) is 2.16. The van der Waals surface area contributed by atoms with E-state index in [1.54, 1.807) is 6.82 Å². The van der Waals surface area contributed by atoms with Gasteiger partial charge in [-0.2, -0.15) is 0 Å². The third-order valence-corrected chi connectivity index (χ3v) is 8.10. The summed E-state index contributed by atoms with van der Waals surface area (Å²) in [6.07, 6.45) is 0. The van der Waals surface area contributed by atoms with Crippen LogP contribution in [0.25, 0.3) is 44.2 Å². The van der Waals surface area contributed by atoms with Gasteiger partial charge in [0.2, 0.25) is 0 Å². The van der Waals surface area contributed by atoms with Crippen molar-refractivity contribution in [2.75, 3.05) is 0 Å². The molecular weight excluding hydrogens is 427 g/mol. The molecule has 1 aromatic heterocycles. The van der Waals surface area contributed by atoms with Crippen LogP contribution in [-0.4, -0.2) is 11.9 Å². The lowest BCUT2D eigenvalue weighted by molar-refractivity contribution is 0.592. The molecule has 6 aromatic rings. The van der Waals surface area contributed by atoms with Gasteiger partial charge in [-0.3, -0.25) is 0 Å². The highest BCUT2D eigenvalue weighted by Gasteiger charge is 2.52. The molecule has 3 heteroatoms. The molecule has 0 atom stereocenters. The van der Waals surface area contributed by atoms with Crippen LogP contribution in [-0.2, 0) is 5.41 Å². The average Bonchev–Trinajstić information content (AvgIpc) is 3.52. The Kier molecular flexibility index (Phi) is 3.59. The molecule has 0 fully saturated rings. The van der Waals surface area contributed by atoms with Gasteiger partial charge in [-0.15, -0.1) is 0 Å². The Morgan fingerprint density at radius 3 is 1.80 bits per heavy atom. The van der Waals surface area contributed by atoms with Crippen molar-refractivity contribution < 1.29 is 9.44 Å². The average molecular weight is 448 g/mol.